The van der Waals surface area contributed by atoms with Crippen LogP contribution in [0.2, 0.25) is 13.1 Å². The molecular weight excluding hydrogens is 180 g/mol. The van der Waals surface area contributed by atoms with E-state index in [2.05, 4.69) is 0 Å². The monoisotopic (exact) mass is 186 g/mol. The van der Waals surface area contributed by atoms with Crippen LogP contribution in [0.5, 0.6) is 0 Å². The van der Waals surface area contributed by atoms with Gasteiger partial charge in [0.15, 0.2) is 0 Å². The zero-order valence-electron chi connectivity index (χ0n) is 5.51. The van der Waals surface area contributed by atoms with Crippen LogP contribution in [0.4, 0.5) is 16.4 Å². The van der Waals surface area contributed by atoms with Crippen molar-refractivity contribution in [2.75, 3.05) is 0 Å². The van der Waals surface area contributed by atoms with Gasteiger partial charge in [0, 0.05) is 0 Å². The molecule has 0 aromatic carbocycles. The van der Waals surface area contributed by atoms with Gasteiger partial charge in [-0.1, -0.05) is 11.1 Å². The van der Waals surface area contributed by atoms with Crippen molar-refractivity contribution in [2.24, 2.45) is 0 Å². The summed E-state index contributed by atoms with van der Waals surface area (Å²) in [6, 6.07) is 0. The molecule has 0 aliphatic rings. The lowest BCUT2D eigenvalue weighted by Crippen LogP contribution is -2.18. The van der Waals surface area contributed by atoms with Crippen molar-refractivity contribution in [3.63, 3.8) is 0 Å². The molecule has 0 spiro atoms. The lowest BCUT2D eigenvalue weighted by molar-refractivity contribution is 0.638. The largest absolute Gasteiger partial charge is 0.499 e. The van der Waals surface area contributed by atoms with Gasteiger partial charge in [-0.25, -0.2) is 0 Å². The van der Waals surface area contributed by atoms with E-state index in [1.807, 2.05) is 0 Å². The van der Waals surface area contributed by atoms with E-state index < -0.39 is 17.5 Å². The van der Waals surface area contributed by atoms with Gasteiger partial charge in [-0.05, 0) is 13.1 Å². The summed E-state index contributed by atoms with van der Waals surface area (Å²) >= 11 is 0. The first-order valence-corrected chi connectivity index (χ1v) is 7.02. The van der Waals surface area contributed by atoms with E-state index in [1.165, 1.54) is 11.1 Å². The van der Waals surface area contributed by atoms with Gasteiger partial charge in [0.2, 0.25) is 0 Å². The third-order valence-electron chi connectivity index (χ3n) is 0.501. The topological polar surface area (TPSA) is 0 Å². The lowest BCUT2D eigenvalue weighted by atomic mass is 11.4. The quantitative estimate of drug-likeness (QED) is 0.235. The Hall–Kier alpha value is -0.286. The van der Waals surface area contributed by atoms with Crippen molar-refractivity contribution >= 4 is 17.5 Å². The number of halogens is 4. The van der Waals surface area contributed by atoms with Crippen molar-refractivity contribution in [1.82, 2.24) is 0 Å². The molecule has 0 rings (SSSR count). The molecule has 0 fully saturated rings. The molecular formula is C4H6F4Si2. The maximum atomic E-state index is 11.9. The first-order valence-electron chi connectivity index (χ1n) is 2.51. The fourth-order valence-electron chi connectivity index (χ4n) is 0.219. The second-order valence-corrected chi connectivity index (χ2v) is 6.08. The van der Waals surface area contributed by atoms with Crippen LogP contribution in [0, 0.1) is 11.1 Å². The SMILES string of the molecule is C[Si](F)(F)C#C[Si](C)(F)F. The minimum atomic E-state index is -4.57. The Morgan fingerprint density at radius 2 is 1.00 bits per heavy atom. The summed E-state index contributed by atoms with van der Waals surface area (Å²) in [5.41, 5.74) is 2.66. The zero-order valence-corrected chi connectivity index (χ0v) is 7.51. The summed E-state index contributed by atoms with van der Waals surface area (Å²) in [6.45, 7) is 1.25. The molecule has 0 radical (unpaired) electrons. The van der Waals surface area contributed by atoms with Crippen LogP contribution in [0.15, 0.2) is 0 Å². The van der Waals surface area contributed by atoms with Crippen LogP contribution in [0.3, 0.4) is 0 Å². The molecule has 0 amide bonds. The highest BCUT2D eigenvalue weighted by Gasteiger charge is 2.29. The molecule has 10 heavy (non-hydrogen) atoms. The van der Waals surface area contributed by atoms with Gasteiger partial charge in [-0.2, -0.15) is 0 Å². The fraction of sp³-hybridized carbons (Fsp3) is 0.500. The average molecular weight is 186 g/mol. The highest BCUT2D eigenvalue weighted by molar-refractivity contribution is 6.79. The molecule has 6 heteroatoms. The second kappa shape index (κ2) is 2.76. The Labute approximate surface area is 59.0 Å². The Morgan fingerprint density at radius 3 is 1.10 bits per heavy atom. The number of hydrogen-bond acceptors (Lipinski definition) is 0. The summed E-state index contributed by atoms with van der Waals surface area (Å²) < 4.78 is 47.6. The molecule has 0 heterocycles. The Morgan fingerprint density at radius 1 is 0.800 bits per heavy atom. The average Bonchev–Trinajstić information content (AvgIpc) is 1.57. The van der Waals surface area contributed by atoms with E-state index in [9.17, 15) is 16.4 Å². The molecule has 0 aromatic rings. The van der Waals surface area contributed by atoms with Gasteiger partial charge in [0.1, 0.15) is 0 Å². The molecule has 0 N–H and O–H groups in total. The number of rotatable bonds is 0. The molecule has 0 aromatic heterocycles. The van der Waals surface area contributed by atoms with Gasteiger partial charge in [-0.3, -0.25) is 16.4 Å². The molecule has 0 bridgehead atoms. The second-order valence-electron chi connectivity index (χ2n) is 2.03. The van der Waals surface area contributed by atoms with E-state index >= 15 is 0 Å². The Balaban J connectivity index is 4.19. The van der Waals surface area contributed by atoms with Crippen LogP contribution >= 0.6 is 0 Å². The van der Waals surface area contributed by atoms with E-state index in [1.54, 1.807) is 0 Å². The normalized spacial score (nSPS) is 12.2. The Bertz CT molecular complexity index is 148. The van der Waals surface area contributed by atoms with E-state index in [-0.39, 0.29) is 0 Å². The molecule has 0 aliphatic carbocycles. The number of hydrogen-bond donors (Lipinski definition) is 0. The first-order chi connectivity index (χ1) is 4.21. The Kier molecular flexibility index (Phi) is 2.68. The van der Waals surface area contributed by atoms with E-state index in [0.717, 1.165) is 0 Å². The van der Waals surface area contributed by atoms with Crippen molar-refractivity contribution in [1.29, 1.82) is 0 Å². The third-order valence-corrected chi connectivity index (χ3v) is 1.88. The summed E-state index contributed by atoms with van der Waals surface area (Å²) in [6.07, 6.45) is 0. The summed E-state index contributed by atoms with van der Waals surface area (Å²) in [5.74, 6) is 0. The van der Waals surface area contributed by atoms with E-state index in [4.69, 9.17) is 0 Å². The fourth-order valence-corrected chi connectivity index (χ4v) is 1.98. The van der Waals surface area contributed by atoms with Crippen molar-refractivity contribution < 1.29 is 16.4 Å². The molecule has 58 valence electrons. The van der Waals surface area contributed by atoms with Crippen molar-refractivity contribution in [2.45, 2.75) is 13.1 Å². The third kappa shape index (κ3) is 7.71. The maximum absolute atomic E-state index is 11.9. The van der Waals surface area contributed by atoms with Gasteiger partial charge < -0.3 is 0 Å². The molecule has 0 aliphatic heterocycles. The minimum absolute atomic E-state index is 0.625. The van der Waals surface area contributed by atoms with Gasteiger partial charge in [0.25, 0.3) is 0 Å². The summed E-state index contributed by atoms with van der Waals surface area (Å²) in [4.78, 5) is 0. The molecule has 0 saturated carbocycles. The highest BCUT2D eigenvalue weighted by atomic mass is 28.4. The lowest BCUT2D eigenvalue weighted by Gasteiger charge is -1.95. The maximum Gasteiger partial charge on any atom is 0.499 e. The van der Waals surface area contributed by atoms with Crippen molar-refractivity contribution in [3.05, 3.63) is 0 Å². The summed E-state index contributed by atoms with van der Waals surface area (Å²) in [7, 11) is -9.15. The highest BCUT2D eigenvalue weighted by Crippen LogP contribution is 2.06. The first kappa shape index (κ1) is 9.71. The molecule has 0 atom stereocenters. The summed E-state index contributed by atoms with van der Waals surface area (Å²) in [5, 5.41) is 0. The van der Waals surface area contributed by atoms with Crippen LogP contribution in [0.1, 0.15) is 0 Å². The van der Waals surface area contributed by atoms with Gasteiger partial charge in [0.05, 0.1) is 0 Å². The van der Waals surface area contributed by atoms with Crippen LogP contribution in [0.25, 0.3) is 0 Å². The zero-order chi connectivity index (χ0) is 8.41. The van der Waals surface area contributed by atoms with Crippen LogP contribution in [-0.2, 0) is 0 Å². The van der Waals surface area contributed by atoms with Crippen molar-refractivity contribution in [3.8, 4) is 11.1 Å². The van der Waals surface area contributed by atoms with E-state index in [0.29, 0.717) is 13.1 Å². The predicted molar refractivity (Wildman–Crippen MR) is 35.4 cm³/mol. The smallest absolute Gasteiger partial charge is 0.256 e. The predicted octanol–water partition coefficient (Wildman–Crippen LogP) is 2.09. The minimum Gasteiger partial charge on any atom is -0.256 e. The molecule has 0 unspecified atom stereocenters. The van der Waals surface area contributed by atoms with Gasteiger partial charge in [-0.15, -0.1) is 0 Å². The molecule has 0 nitrogen and oxygen atoms in total. The van der Waals surface area contributed by atoms with Gasteiger partial charge >= 0.3 is 17.5 Å². The van der Waals surface area contributed by atoms with Crippen LogP contribution in [-0.4, -0.2) is 17.5 Å². The van der Waals surface area contributed by atoms with Crippen LogP contribution < -0.4 is 0 Å². The molecule has 0 saturated heterocycles. The standard InChI is InChI=1S/C4H6F4Si2/c1-9(5,6)3-4-10(2,7)8/h1-2H3.